The van der Waals surface area contributed by atoms with Crippen molar-refractivity contribution in [1.29, 1.82) is 0 Å². The number of aromatic nitrogens is 5. The van der Waals surface area contributed by atoms with Gasteiger partial charge in [0.25, 0.3) is 0 Å². The summed E-state index contributed by atoms with van der Waals surface area (Å²) < 4.78 is 72.3. The van der Waals surface area contributed by atoms with Crippen LogP contribution in [0.4, 0.5) is 33.6 Å². The number of esters is 1. The van der Waals surface area contributed by atoms with Crippen molar-refractivity contribution in [2.75, 3.05) is 11.9 Å². The van der Waals surface area contributed by atoms with Gasteiger partial charge in [0.05, 0.1) is 12.2 Å². The van der Waals surface area contributed by atoms with Crippen molar-refractivity contribution in [3.05, 3.63) is 78.0 Å². The largest absolute Gasteiger partial charge is 0.462 e. The molecule has 0 atom stereocenters. The lowest BCUT2D eigenvalue weighted by molar-refractivity contribution is -0.141. The van der Waals surface area contributed by atoms with E-state index in [9.17, 15) is 26.7 Å². The van der Waals surface area contributed by atoms with E-state index in [-0.39, 0.29) is 40.8 Å². The van der Waals surface area contributed by atoms with Crippen LogP contribution >= 0.6 is 0 Å². The summed E-state index contributed by atoms with van der Waals surface area (Å²) in [5, 5.41) is 6.15. The Hall–Kier alpha value is -4.42. The molecule has 13 heteroatoms. The highest BCUT2D eigenvalue weighted by atomic mass is 19.4. The Morgan fingerprint density at radius 1 is 1.09 bits per heavy atom. The van der Waals surface area contributed by atoms with Gasteiger partial charge in [0.2, 0.25) is 5.95 Å². The molecule has 0 saturated heterocycles. The lowest BCUT2D eigenvalue weighted by atomic mass is 10.1. The van der Waals surface area contributed by atoms with Gasteiger partial charge in [-0.15, -0.1) is 0 Å². The third kappa shape index (κ3) is 5.39. The molecule has 1 aromatic carbocycles. The standard InChI is InChI=1S/C22H15F5N6O2/c1-2-35-20(34)13-5-12(9-28-10-13)17-11-29-21(30-16-7-14(23)6-15(24)8-16)31-19(17)33-4-3-18(32-33)22(25,26)27/h3-11H,2H2,1H3,(H,29,30,31). The SMILES string of the molecule is CCOC(=O)c1cncc(-c2cnc(Nc3cc(F)cc(F)c3)nc2-n2ccc(C(F)(F)F)n2)c1. The highest BCUT2D eigenvalue weighted by Gasteiger charge is 2.34. The van der Waals surface area contributed by atoms with Crippen molar-refractivity contribution in [2.24, 2.45) is 0 Å². The molecular weight excluding hydrogens is 475 g/mol. The Labute approximate surface area is 194 Å². The Morgan fingerprint density at radius 3 is 2.49 bits per heavy atom. The van der Waals surface area contributed by atoms with E-state index in [1.807, 2.05) is 0 Å². The zero-order valence-electron chi connectivity index (χ0n) is 17.8. The van der Waals surface area contributed by atoms with Gasteiger partial charge < -0.3 is 10.1 Å². The second-order valence-corrected chi connectivity index (χ2v) is 7.04. The maximum Gasteiger partial charge on any atom is 0.435 e. The van der Waals surface area contributed by atoms with Crippen molar-refractivity contribution < 1.29 is 31.5 Å². The number of ether oxygens (including phenoxy) is 1. The Morgan fingerprint density at radius 2 is 1.83 bits per heavy atom. The molecule has 1 N–H and O–H groups in total. The molecule has 4 aromatic rings. The zero-order valence-corrected chi connectivity index (χ0v) is 17.8. The number of nitrogens with one attached hydrogen (secondary N) is 1. The molecule has 4 rings (SSSR count). The molecule has 8 nitrogen and oxygen atoms in total. The number of halogens is 5. The number of anilines is 2. The molecule has 3 heterocycles. The molecule has 0 amide bonds. The smallest absolute Gasteiger partial charge is 0.435 e. The summed E-state index contributed by atoms with van der Waals surface area (Å²) in [4.78, 5) is 24.4. The molecule has 0 spiro atoms. The number of alkyl halides is 3. The molecule has 35 heavy (non-hydrogen) atoms. The normalized spacial score (nSPS) is 11.4. The van der Waals surface area contributed by atoms with Crippen molar-refractivity contribution in [1.82, 2.24) is 24.7 Å². The summed E-state index contributed by atoms with van der Waals surface area (Å²) in [5.41, 5.74) is -0.621. The van der Waals surface area contributed by atoms with Gasteiger partial charge in [-0.3, -0.25) is 4.98 Å². The van der Waals surface area contributed by atoms with Crippen LogP contribution in [0.3, 0.4) is 0 Å². The van der Waals surface area contributed by atoms with E-state index in [0.717, 1.165) is 29.1 Å². The molecule has 0 saturated carbocycles. The third-order valence-electron chi connectivity index (χ3n) is 4.54. The van der Waals surface area contributed by atoms with Crippen LogP contribution in [0.5, 0.6) is 0 Å². The number of hydrogen-bond donors (Lipinski definition) is 1. The van der Waals surface area contributed by atoms with E-state index in [1.165, 1.54) is 24.7 Å². The highest BCUT2D eigenvalue weighted by molar-refractivity contribution is 5.90. The maximum atomic E-state index is 13.5. The molecule has 0 aliphatic heterocycles. The predicted molar refractivity (Wildman–Crippen MR) is 113 cm³/mol. The predicted octanol–water partition coefficient (Wildman–Crippen LogP) is 4.94. The summed E-state index contributed by atoms with van der Waals surface area (Å²) in [6.07, 6.45) is 0.217. The van der Waals surface area contributed by atoms with Gasteiger partial charge in [-0.05, 0) is 31.2 Å². The van der Waals surface area contributed by atoms with Gasteiger partial charge in [-0.1, -0.05) is 0 Å². The van der Waals surface area contributed by atoms with Gasteiger partial charge in [-0.25, -0.2) is 23.2 Å². The molecule has 0 unspecified atom stereocenters. The van der Waals surface area contributed by atoms with Crippen LogP contribution in [0.2, 0.25) is 0 Å². The Balaban J connectivity index is 1.81. The fraction of sp³-hybridized carbons (Fsp3) is 0.136. The van der Waals surface area contributed by atoms with E-state index < -0.39 is 29.5 Å². The summed E-state index contributed by atoms with van der Waals surface area (Å²) in [5.74, 6) is -2.64. The van der Waals surface area contributed by atoms with Crippen molar-refractivity contribution >= 4 is 17.6 Å². The fourth-order valence-corrected chi connectivity index (χ4v) is 3.07. The summed E-state index contributed by atoms with van der Waals surface area (Å²) in [6, 6.07) is 4.82. The van der Waals surface area contributed by atoms with Crippen LogP contribution in [0.25, 0.3) is 16.9 Å². The molecule has 0 radical (unpaired) electrons. The quantitative estimate of drug-likeness (QED) is 0.302. The van der Waals surface area contributed by atoms with Crippen LogP contribution in [-0.2, 0) is 10.9 Å². The maximum absolute atomic E-state index is 13.5. The van der Waals surface area contributed by atoms with Crippen molar-refractivity contribution in [2.45, 2.75) is 13.1 Å². The molecular formula is C22H15F5N6O2. The van der Waals surface area contributed by atoms with E-state index in [4.69, 9.17) is 4.74 Å². The topological polar surface area (TPSA) is 94.8 Å². The molecule has 0 aliphatic carbocycles. The number of carbonyl (C=O) groups excluding carboxylic acids is 1. The number of nitrogens with zero attached hydrogens (tertiary/aromatic N) is 5. The van der Waals surface area contributed by atoms with Crippen LogP contribution in [0.1, 0.15) is 23.0 Å². The Bertz CT molecular complexity index is 1370. The first-order valence-electron chi connectivity index (χ1n) is 10.00. The van der Waals surface area contributed by atoms with Gasteiger partial charge >= 0.3 is 12.1 Å². The third-order valence-corrected chi connectivity index (χ3v) is 4.54. The van der Waals surface area contributed by atoms with Gasteiger partial charge in [0, 0.05) is 47.7 Å². The first-order chi connectivity index (χ1) is 16.6. The second-order valence-electron chi connectivity index (χ2n) is 7.04. The number of benzene rings is 1. The first-order valence-corrected chi connectivity index (χ1v) is 10.00. The number of hydrogen-bond acceptors (Lipinski definition) is 7. The molecule has 0 bridgehead atoms. The minimum Gasteiger partial charge on any atom is -0.462 e. The Kier molecular flexibility index (Phi) is 6.40. The lowest BCUT2D eigenvalue weighted by Crippen LogP contribution is -2.10. The summed E-state index contributed by atoms with van der Waals surface area (Å²) >= 11 is 0. The molecule has 0 aliphatic rings. The summed E-state index contributed by atoms with van der Waals surface area (Å²) in [6.45, 7) is 1.76. The van der Waals surface area contributed by atoms with Crippen LogP contribution in [-0.4, -0.2) is 37.3 Å². The zero-order chi connectivity index (χ0) is 25.2. The molecule has 0 fully saturated rings. The minimum absolute atomic E-state index is 0.0244. The van der Waals surface area contributed by atoms with Crippen LogP contribution in [0.15, 0.2) is 55.1 Å². The number of rotatable bonds is 6. The van der Waals surface area contributed by atoms with Crippen LogP contribution < -0.4 is 5.32 Å². The molecule has 180 valence electrons. The lowest BCUT2D eigenvalue weighted by Gasteiger charge is -2.12. The first kappa shape index (κ1) is 23.7. The van der Waals surface area contributed by atoms with E-state index in [0.29, 0.717) is 6.07 Å². The fourth-order valence-electron chi connectivity index (χ4n) is 3.07. The van der Waals surface area contributed by atoms with Gasteiger partial charge in [-0.2, -0.15) is 23.3 Å². The average Bonchev–Trinajstić information content (AvgIpc) is 3.30. The number of pyridine rings is 1. The van der Waals surface area contributed by atoms with E-state index in [1.54, 1.807) is 6.92 Å². The molecule has 3 aromatic heterocycles. The van der Waals surface area contributed by atoms with E-state index >= 15 is 0 Å². The van der Waals surface area contributed by atoms with Crippen LogP contribution in [0, 0.1) is 11.6 Å². The number of carbonyl (C=O) groups is 1. The van der Waals surface area contributed by atoms with Gasteiger partial charge in [0.15, 0.2) is 11.5 Å². The van der Waals surface area contributed by atoms with E-state index in [2.05, 4.69) is 25.4 Å². The monoisotopic (exact) mass is 490 g/mol. The van der Waals surface area contributed by atoms with Gasteiger partial charge in [0.1, 0.15) is 11.6 Å². The van der Waals surface area contributed by atoms with Crippen molar-refractivity contribution in [3.63, 3.8) is 0 Å². The minimum atomic E-state index is -4.70. The average molecular weight is 490 g/mol. The van der Waals surface area contributed by atoms with Crippen molar-refractivity contribution in [3.8, 4) is 16.9 Å². The highest BCUT2D eigenvalue weighted by Crippen LogP contribution is 2.30. The second kappa shape index (κ2) is 9.44. The summed E-state index contributed by atoms with van der Waals surface area (Å²) in [7, 11) is 0.